The van der Waals surface area contributed by atoms with E-state index in [9.17, 15) is 13.5 Å². The molecule has 0 radical (unpaired) electrons. The Morgan fingerprint density at radius 2 is 2.04 bits per heavy atom. The van der Waals surface area contributed by atoms with Crippen LogP contribution in [-0.2, 0) is 10.0 Å². The van der Waals surface area contributed by atoms with Crippen molar-refractivity contribution in [2.45, 2.75) is 11.0 Å². The summed E-state index contributed by atoms with van der Waals surface area (Å²) in [4.78, 5) is -0.0359. The van der Waals surface area contributed by atoms with Gasteiger partial charge in [0, 0.05) is 6.54 Å². The van der Waals surface area contributed by atoms with Gasteiger partial charge in [-0.3, -0.25) is 0 Å². The third kappa shape index (κ3) is 3.94. The Morgan fingerprint density at radius 3 is 2.69 bits per heavy atom. The predicted molar refractivity (Wildman–Crippen MR) is 94.6 cm³/mol. The lowest BCUT2D eigenvalue weighted by molar-refractivity contribution is 0.154. The number of methoxy groups -OCH3 is 1. The third-order valence-corrected chi connectivity index (χ3v) is 5.34. The van der Waals surface area contributed by atoms with Gasteiger partial charge in [0.05, 0.1) is 23.3 Å². The highest BCUT2D eigenvalue weighted by Crippen LogP contribution is 2.28. The van der Waals surface area contributed by atoms with Gasteiger partial charge in [-0.2, -0.15) is 0 Å². The topological polar surface area (TPSA) is 102 Å². The fourth-order valence-corrected chi connectivity index (χ4v) is 3.66. The van der Waals surface area contributed by atoms with Crippen LogP contribution in [0.5, 0.6) is 5.75 Å². The molecule has 0 amide bonds. The van der Waals surface area contributed by atoms with Gasteiger partial charge in [-0.25, -0.2) is 13.1 Å². The zero-order chi connectivity index (χ0) is 18.7. The quantitative estimate of drug-likeness (QED) is 0.634. The first-order chi connectivity index (χ1) is 12.4. The first kappa shape index (κ1) is 18.5. The van der Waals surface area contributed by atoms with Crippen LogP contribution in [0.1, 0.15) is 11.9 Å². The molecule has 3 aromatic rings. The number of aliphatic hydroxyl groups excluding tert-OH is 1. The van der Waals surface area contributed by atoms with Crippen molar-refractivity contribution >= 4 is 21.6 Å². The van der Waals surface area contributed by atoms with Gasteiger partial charge in [-0.15, -0.1) is 0 Å². The minimum absolute atomic E-state index is 0.0359. The molecule has 138 valence electrons. The molecule has 1 atom stereocenters. The third-order valence-electron chi connectivity index (χ3n) is 3.62. The number of halogens is 1. The predicted octanol–water partition coefficient (Wildman–Crippen LogP) is 3.21. The number of furan rings is 2. The summed E-state index contributed by atoms with van der Waals surface area (Å²) in [6.45, 7) is -0.267. The molecule has 0 bridgehead atoms. The summed E-state index contributed by atoms with van der Waals surface area (Å²) < 4.78 is 42.7. The van der Waals surface area contributed by atoms with Crippen molar-refractivity contribution in [3.63, 3.8) is 0 Å². The van der Waals surface area contributed by atoms with E-state index >= 15 is 0 Å². The van der Waals surface area contributed by atoms with E-state index < -0.39 is 16.1 Å². The molecule has 0 aliphatic carbocycles. The average molecular weight is 398 g/mol. The summed E-state index contributed by atoms with van der Waals surface area (Å²) in [5, 5.41) is 10.4. The van der Waals surface area contributed by atoms with Crippen LogP contribution in [0.25, 0.3) is 11.5 Å². The maximum Gasteiger partial charge on any atom is 0.240 e. The Bertz CT molecular complexity index is 981. The molecular weight excluding hydrogens is 382 g/mol. The molecule has 0 spiro atoms. The van der Waals surface area contributed by atoms with E-state index in [0.717, 1.165) is 0 Å². The number of hydrogen-bond acceptors (Lipinski definition) is 6. The van der Waals surface area contributed by atoms with Crippen LogP contribution in [0, 0.1) is 0 Å². The van der Waals surface area contributed by atoms with Gasteiger partial charge >= 0.3 is 0 Å². The molecule has 2 N–H and O–H groups in total. The molecular formula is C17H16ClNO6S. The van der Waals surface area contributed by atoms with E-state index in [1.165, 1.54) is 31.6 Å². The van der Waals surface area contributed by atoms with Crippen molar-refractivity contribution in [3.05, 3.63) is 59.5 Å². The number of rotatable bonds is 7. The number of hydrogen-bond donors (Lipinski definition) is 2. The molecule has 9 heteroatoms. The summed E-state index contributed by atoms with van der Waals surface area (Å²) in [6.07, 6.45) is 0.337. The summed E-state index contributed by atoms with van der Waals surface area (Å²) in [7, 11) is -2.42. The standard InChI is InChI=1S/C17H16ClNO6S/c1-23-14-5-4-11(9-12(14)18)26(21,22)19-10-13(20)15-6-7-17(25-15)16-3-2-8-24-16/h2-9,13,19-20H,10H2,1H3. The van der Waals surface area contributed by atoms with E-state index in [1.807, 2.05) is 0 Å². The van der Waals surface area contributed by atoms with Crippen molar-refractivity contribution in [3.8, 4) is 17.3 Å². The molecule has 0 aliphatic rings. The second kappa shape index (κ2) is 7.55. The van der Waals surface area contributed by atoms with Crippen molar-refractivity contribution < 1.29 is 27.1 Å². The summed E-state index contributed by atoms with van der Waals surface area (Å²) in [6, 6.07) is 10.7. The second-order valence-electron chi connectivity index (χ2n) is 5.34. The van der Waals surface area contributed by atoms with Crippen LogP contribution in [-0.4, -0.2) is 27.2 Å². The smallest absolute Gasteiger partial charge is 0.240 e. The van der Waals surface area contributed by atoms with Crippen molar-refractivity contribution in [2.75, 3.05) is 13.7 Å². The van der Waals surface area contributed by atoms with Crippen LogP contribution in [0.4, 0.5) is 0 Å². The normalized spacial score (nSPS) is 12.9. The van der Waals surface area contributed by atoms with Gasteiger partial charge < -0.3 is 18.7 Å². The fraction of sp³-hybridized carbons (Fsp3) is 0.176. The summed E-state index contributed by atoms with van der Waals surface area (Å²) in [5.41, 5.74) is 0. The molecule has 0 aliphatic heterocycles. The van der Waals surface area contributed by atoms with Crippen molar-refractivity contribution in [1.82, 2.24) is 4.72 Å². The Balaban J connectivity index is 1.68. The summed E-state index contributed by atoms with van der Waals surface area (Å²) >= 11 is 5.96. The minimum Gasteiger partial charge on any atom is -0.495 e. The van der Waals surface area contributed by atoms with Gasteiger partial charge in [-0.1, -0.05) is 11.6 Å². The van der Waals surface area contributed by atoms with Gasteiger partial charge in [0.25, 0.3) is 0 Å². The lowest BCUT2D eigenvalue weighted by Crippen LogP contribution is -2.28. The fourth-order valence-electron chi connectivity index (χ4n) is 2.27. The van der Waals surface area contributed by atoms with E-state index in [2.05, 4.69) is 4.72 Å². The second-order valence-corrected chi connectivity index (χ2v) is 7.52. The molecule has 0 saturated heterocycles. The monoisotopic (exact) mass is 397 g/mol. The zero-order valence-corrected chi connectivity index (χ0v) is 15.3. The molecule has 0 fully saturated rings. The average Bonchev–Trinajstić information content (AvgIpc) is 3.30. The van der Waals surface area contributed by atoms with Crippen molar-refractivity contribution in [1.29, 1.82) is 0 Å². The van der Waals surface area contributed by atoms with Crippen LogP contribution in [0.2, 0.25) is 5.02 Å². The Morgan fingerprint density at radius 1 is 1.23 bits per heavy atom. The van der Waals surface area contributed by atoms with E-state index in [0.29, 0.717) is 17.3 Å². The van der Waals surface area contributed by atoms with Gasteiger partial charge in [0.1, 0.15) is 17.6 Å². The van der Waals surface area contributed by atoms with E-state index in [-0.39, 0.29) is 22.2 Å². The van der Waals surface area contributed by atoms with Crippen LogP contribution < -0.4 is 9.46 Å². The van der Waals surface area contributed by atoms with E-state index in [1.54, 1.807) is 24.3 Å². The Labute approximate surface area is 155 Å². The maximum atomic E-state index is 12.3. The molecule has 2 heterocycles. The molecule has 1 unspecified atom stereocenters. The SMILES string of the molecule is COc1ccc(S(=O)(=O)NCC(O)c2ccc(-c3ccco3)o2)cc1Cl. The summed E-state index contributed by atoms with van der Waals surface area (Å²) in [5.74, 6) is 1.53. The van der Waals surface area contributed by atoms with E-state index in [4.69, 9.17) is 25.2 Å². The van der Waals surface area contributed by atoms with Crippen LogP contribution in [0.3, 0.4) is 0 Å². The molecule has 2 aromatic heterocycles. The number of benzene rings is 1. The zero-order valence-electron chi connectivity index (χ0n) is 13.7. The minimum atomic E-state index is -3.86. The highest BCUT2D eigenvalue weighted by atomic mass is 35.5. The molecule has 7 nitrogen and oxygen atoms in total. The highest BCUT2D eigenvalue weighted by molar-refractivity contribution is 7.89. The van der Waals surface area contributed by atoms with Crippen molar-refractivity contribution in [2.24, 2.45) is 0 Å². The van der Waals surface area contributed by atoms with Gasteiger partial charge in [0.15, 0.2) is 11.5 Å². The largest absolute Gasteiger partial charge is 0.495 e. The number of ether oxygens (including phenoxy) is 1. The maximum absolute atomic E-state index is 12.3. The molecule has 26 heavy (non-hydrogen) atoms. The first-order valence-electron chi connectivity index (χ1n) is 7.55. The van der Waals surface area contributed by atoms with Crippen LogP contribution in [0.15, 0.2) is 62.5 Å². The van der Waals surface area contributed by atoms with Gasteiger partial charge in [-0.05, 0) is 42.5 Å². The molecule has 1 aromatic carbocycles. The molecule has 0 saturated carbocycles. The lowest BCUT2D eigenvalue weighted by Gasteiger charge is -2.11. The molecule has 3 rings (SSSR count). The van der Waals surface area contributed by atoms with Gasteiger partial charge in [0.2, 0.25) is 10.0 Å². The van der Waals surface area contributed by atoms with Crippen LogP contribution >= 0.6 is 11.6 Å². The highest BCUT2D eigenvalue weighted by Gasteiger charge is 2.20. The number of aliphatic hydroxyl groups is 1. The Hall–Kier alpha value is -2.26. The Kier molecular flexibility index (Phi) is 5.38. The first-order valence-corrected chi connectivity index (χ1v) is 9.41. The lowest BCUT2D eigenvalue weighted by atomic mass is 10.3. The number of sulfonamides is 1. The number of nitrogens with one attached hydrogen (secondary N) is 1.